The number of hydrogen-bond donors (Lipinski definition) is 1. The fourth-order valence-corrected chi connectivity index (χ4v) is 3.29. The molecule has 4 rings (SSSR count). The normalized spacial score (nSPS) is 14.7. The van der Waals surface area contributed by atoms with E-state index in [2.05, 4.69) is 25.8 Å². The maximum Gasteiger partial charge on any atom is 0.249 e. The number of benzene rings is 1. The first-order valence-corrected chi connectivity index (χ1v) is 8.87. The van der Waals surface area contributed by atoms with Crippen LogP contribution in [0.5, 0.6) is 0 Å². The Hall–Kier alpha value is -3.03. The number of carbonyl (C=O) groups is 1. The lowest BCUT2D eigenvalue weighted by atomic mass is 10.1. The monoisotopic (exact) mass is 351 g/mol. The summed E-state index contributed by atoms with van der Waals surface area (Å²) in [5.41, 5.74) is 2.04. The lowest BCUT2D eigenvalue weighted by Crippen LogP contribution is -2.23. The molecule has 1 aromatic carbocycles. The standard InChI is InChI=1S/C18H21N7O/c1-13-6-8-14(9-7-13)18-21-23-24(22-18)12-17(26)20-16-10-11-19-25(16)15-4-2-3-5-15/h6-11,15H,2-5,12H2,1H3,(H,20,26). The summed E-state index contributed by atoms with van der Waals surface area (Å²) < 4.78 is 1.91. The highest BCUT2D eigenvalue weighted by molar-refractivity contribution is 5.89. The van der Waals surface area contributed by atoms with Gasteiger partial charge in [-0.05, 0) is 25.0 Å². The number of nitrogens with one attached hydrogen (secondary N) is 1. The second kappa shape index (κ2) is 7.07. The first-order valence-electron chi connectivity index (χ1n) is 8.87. The minimum absolute atomic E-state index is 0.00864. The second-order valence-electron chi connectivity index (χ2n) is 6.66. The van der Waals surface area contributed by atoms with E-state index in [1.165, 1.54) is 23.2 Å². The van der Waals surface area contributed by atoms with Crippen LogP contribution in [0, 0.1) is 6.92 Å². The van der Waals surface area contributed by atoms with Crippen molar-refractivity contribution in [3.8, 4) is 11.4 Å². The van der Waals surface area contributed by atoms with E-state index >= 15 is 0 Å². The van der Waals surface area contributed by atoms with Gasteiger partial charge in [0.2, 0.25) is 11.7 Å². The van der Waals surface area contributed by atoms with Gasteiger partial charge in [0, 0.05) is 11.6 Å². The van der Waals surface area contributed by atoms with Crippen LogP contribution in [-0.2, 0) is 11.3 Å². The van der Waals surface area contributed by atoms with Gasteiger partial charge >= 0.3 is 0 Å². The van der Waals surface area contributed by atoms with Gasteiger partial charge in [-0.25, -0.2) is 4.68 Å². The fraction of sp³-hybridized carbons (Fsp3) is 0.389. The van der Waals surface area contributed by atoms with Gasteiger partial charge in [-0.3, -0.25) is 4.79 Å². The first-order chi connectivity index (χ1) is 12.7. The Bertz CT molecular complexity index is 890. The molecule has 2 aromatic heterocycles. The number of amides is 1. The molecule has 1 amide bonds. The minimum atomic E-state index is -0.197. The molecule has 2 heterocycles. The topological polar surface area (TPSA) is 90.5 Å². The molecule has 0 aliphatic heterocycles. The van der Waals surface area contributed by atoms with E-state index in [1.807, 2.05) is 41.9 Å². The van der Waals surface area contributed by atoms with Crippen LogP contribution < -0.4 is 5.32 Å². The van der Waals surface area contributed by atoms with Crippen molar-refractivity contribution < 1.29 is 4.79 Å². The molecule has 134 valence electrons. The highest BCUT2D eigenvalue weighted by Crippen LogP contribution is 2.31. The van der Waals surface area contributed by atoms with Gasteiger partial charge in [0.05, 0.1) is 12.2 Å². The molecule has 0 radical (unpaired) electrons. The highest BCUT2D eigenvalue weighted by atomic mass is 16.2. The van der Waals surface area contributed by atoms with Crippen LogP contribution in [0.15, 0.2) is 36.5 Å². The van der Waals surface area contributed by atoms with Crippen LogP contribution in [0.3, 0.4) is 0 Å². The van der Waals surface area contributed by atoms with E-state index in [1.54, 1.807) is 6.20 Å². The Balaban J connectivity index is 1.41. The minimum Gasteiger partial charge on any atom is -0.309 e. The van der Waals surface area contributed by atoms with Crippen LogP contribution in [0.1, 0.15) is 37.3 Å². The Morgan fingerprint density at radius 2 is 1.96 bits per heavy atom. The number of rotatable bonds is 5. The molecular weight excluding hydrogens is 330 g/mol. The third-order valence-electron chi connectivity index (χ3n) is 4.66. The van der Waals surface area contributed by atoms with Crippen LogP contribution in [0.25, 0.3) is 11.4 Å². The zero-order chi connectivity index (χ0) is 17.9. The van der Waals surface area contributed by atoms with Gasteiger partial charge in [-0.15, -0.1) is 10.2 Å². The van der Waals surface area contributed by atoms with Gasteiger partial charge in [-0.2, -0.15) is 9.90 Å². The molecule has 26 heavy (non-hydrogen) atoms. The summed E-state index contributed by atoms with van der Waals surface area (Å²) in [6.07, 6.45) is 6.35. The van der Waals surface area contributed by atoms with Crippen molar-refractivity contribution in [3.63, 3.8) is 0 Å². The Labute approximate surface area is 151 Å². The highest BCUT2D eigenvalue weighted by Gasteiger charge is 2.20. The summed E-state index contributed by atoms with van der Waals surface area (Å²) in [4.78, 5) is 13.7. The van der Waals surface area contributed by atoms with Gasteiger partial charge in [0.15, 0.2) is 0 Å². The van der Waals surface area contributed by atoms with Crippen molar-refractivity contribution in [1.29, 1.82) is 0 Å². The van der Waals surface area contributed by atoms with E-state index in [-0.39, 0.29) is 12.5 Å². The van der Waals surface area contributed by atoms with E-state index < -0.39 is 0 Å². The zero-order valence-electron chi connectivity index (χ0n) is 14.7. The number of carbonyl (C=O) groups excluding carboxylic acids is 1. The van der Waals surface area contributed by atoms with Crippen molar-refractivity contribution in [2.24, 2.45) is 0 Å². The lowest BCUT2D eigenvalue weighted by molar-refractivity contribution is -0.117. The van der Waals surface area contributed by atoms with Gasteiger partial charge < -0.3 is 5.32 Å². The number of aryl methyl sites for hydroxylation is 1. The van der Waals surface area contributed by atoms with Crippen molar-refractivity contribution in [2.75, 3.05) is 5.32 Å². The summed E-state index contributed by atoms with van der Waals surface area (Å²) in [5, 5.41) is 19.6. The van der Waals surface area contributed by atoms with E-state index in [4.69, 9.17) is 0 Å². The van der Waals surface area contributed by atoms with Gasteiger partial charge in [0.1, 0.15) is 12.4 Å². The van der Waals surface area contributed by atoms with Gasteiger partial charge in [-0.1, -0.05) is 42.7 Å². The Kier molecular flexibility index (Phi) is 4.47. The molecule has 8 nitrogen and oxygen atoms in total. The number of hydrogen-bond acceptors (Lipinski definition) is 5. The predicted octanol–water partition coefficient (Wildman–Crippen LogP) is 2.60. The molecule has 0 unspecified atom stereocenters. The quantitative estimate of drug-likeness (QED) is 0.763. The average Bonchev–Trinajstić information content (AvgIpc) is 3.36. The van der Waals surface area contributed by atoms with Crippen LogP contribution in [0.2, 0.25) is 0 Å². The fourth-order valence-electron chi connectivity index (χ4n) is 3.29. The number of tetrazole rings is 1. The molecule has 0 spiro atoms. The number of anilines is 1. The Morgan fingerprint density at radius 1 is 1.19 bits per heavy atom. The predicted molar refractivity (Wildman–Crippen MR) is 96.4 cm³/mol. The van der Waals surface area contributed by atoms with Crippen molar-refractivity contribution in [3.05, 3.63) is 42.1 Å². The summed E-state index contributed by atoms with van der Waals surface area (Å²) in [7, 11) is 0. The molecule has 1 N–H and O–H groups in total. The zero-order valence-corrected chi connectivity index (χ0v) is 14.7. The summed E-state index contributed by atoms with van der Waals surface area (Å²) in [6.45, 7) is 2.03. The first kappa shape index (κ1) is 16.4. The molecule has 0 atom stereocenters. The molecule has 1 saturated carbocycles. The molecule has 1 aliphatic rings. The summed E-state index contributed by atoms with van der Waals surface area (Å²) in [5.74, 6) is 1.03. The molecule has 0 bridgehead atoms. The SMILES string of the molecule is Cc1ccc(-c2nnn(CC(=O)Nc3ccnn3C3CCCC3)n2)cc1. The van der Waals surface area contributed by atoms with E-state index in [0.29, 0.717) is 11.9 Å². The third-order valence-corrected chi connectivity index (χ3v) is 4.66. The summed E-state index contributed by atoms with van der Waals surface area (Å²) >= 11 is 0. The molecule has 1 aliphatic carbocycles. The number of nitrogens with zero attached hydrogens (tertiary/aromatic N) is 6. The van der Waals surface area contributed by atoms with Crippen molar-refractivity contribution >= 4 is 11.7 Å². The van der Waals surface area contributed by atoms with Crippen LogP contribution in [-0.4, -0.2) is 35.9 Å². The maximum absolute atomic E-state index is 12.4. The van der Waals surface area contributed by atoms with Crippen LogP contribution in [0.4, 0.5) is 5.82 Å². The smallest absolute Gasteiger partial charge is 0.249 e. The average molecular weight is 351 g/mol. The van der Waals surface area contributed by atoms with Crippen molar-refractivity contribution in [2.45, 2.75) is 45.2 Å². The molecule has 0 saturated heterocycles. The number of aromatic nitrogens is 6. The maximum atomic E-state index is 12.4. The van der Waals surface area contributed by atoms with Crippen molar-refractivity contribution in [1.82, 2.24) is 30.0 Å². The summed E-state index contributed by atoms with van der Waals surface area (Å²) in [6, 6.07) is 10.1. The third kappa shape index (κ3) is 3.49. The molecular formula is C18H21N7O. The lowest BCUT2D eigenvalue weighted by Gasteiger charge is -2.14. The van der Waals surface area contributed by atoms with Gasteiger partial charge in [0.25, 0.3) is 0 Å². The Morgan fingerprint density at radius 3 is 2.73 bits per heavy atom. The van der Waals surface area contributed by atoms with E-state index in [0.717, 1.165) is 24.2 Å². The van der Waals surface area contributed by atoms with E-state index in [9.17, 15) is 4.79 Å². The largest absolute Gasteiger partial charge is 0.309 e. The van der Waals surface area contributed by atoms with Crippen LogP contribution >= 0.6 is 0 Å². The molecule has 8 heteroatoms. The molecule has 3 aromatic rings. The second-order valence-corrected chi connectivity index (χ2v) is 6.66. The molecule has 1 fully saturated rings.